The molecule has 0 aliphatic heterocycles. The molecular formula is C17H13N3OS. The van der Waals surface area contributed by atoms with E-state index < -0.39 is 0 Å². The quantitative estimate of drug-likeness (QED) is 0.579. The molecule has 3 rings (SSSR count). The van der Waals surface area contributed by atoms with Crippen molar-refractivity contribution in [2.45, 2.75) is 5.16 Å². The van der Waals surface area contributed by atoms with Gasteiger partial charge in [0.15, 0.2) is 5.16 Å². The summed E-state index contributed by atoms with van der Waals surface area (Å²) in [6.07, 6.45) is 1.80. The topological polar surface area (TPSA) is 61.7 Å². The Morgan fingerprint density at radius 3 is 2.77 bits per heavy atom. The van der Waals surface area contributed by atoms with Crippen LogP contribution < -0.4 is 4.74 Å². The predicted octanol–water partition coefficient (Wildman–Crippen LogP) is 4.23. The van der Waals surface area contributed by atoms with E-state index in [0.29, 0.717) is 10.1 Å². The third-order valence-electron chi connectivity index (χ3n) is 3.11. The number of fused-ring (bicyclic) bond motifs is 1. The predicted molar refractivity (Wildman–Crippen MR) is 88.5 cm³/mol. The summed E-state index contributed by atoms with van der Waals surface area (Å²) in [5.41, 5.74) is 2.71. The molecule has 0 saturated heterocycles. The first-order valence-electron chi connectivity index (χ1n) is 6.67. The van der Waals surface area contributed by atoms with Crippen LogP contribution in [0.2, 0.25) is 0 Å². The van der Waals surface area contributed by atoms with Gasteiger partial charge in [-0.25, -0.2) is 4.98 Å². The first-order valence-corrected chi connectivity index (χ1v) is 7.49. The molecule has 0 bridgehead atoms. The minimum atomic E-state index is 0.545. The van der Waals surface area contributed by atoms with Crippen LogP contribution in [0.3, 0.4) is 0 Å². The number of H-pyrrole nitrogens is 1. The van der Waals surface area contributed by atoms with Gasteiger partial charge in [0, 0.05) is 5.56 Å². The second-order valence-electron chi connectivity index (χ2n) is 4.52. The van der Waals surface area contributed by atoms with Crippen LogP contribution in [0, 0.1) is 11.3 Å². The summed E-state index contributed by atoms with van der Waals surface area (Å²) < 4.78 is 5.30. The lowest BCUT2D eigenvalue weighted by atomic mass is 10.2. The van der Waals surface area contributed by atoms with E-state index in [2.05, 4.69) is 16.0 Å². The lowest BCUT2D eigenvalue weighted by molar-refractivity contribution is 0.414. The fraction of sp³-hybridized carbons (Fsp3) is 0.0588. The summed E-state index contributed by atoms with van der Waals surface area (Å²) in [6.45, 7) is 0. The van der Waals surface area contributed by atoms with E-state index in [1.807, 2.05) is 48.5 Å². The van der Waals surface area contributed by atoms with Crippen LogP contribution in [0.15, 0.2) is 58.6 Å². The van der Waals surface area contributed by atoms with Crippen LogP contribution in [0.5, 0.6) is 5.75 Å². The lowest BCUT2D eigenvalue weighted by Crippen LogP contribution is -1.86. The van der Waals surface area contributed by atoms with Crippen molar-refractivity contribution in [3.05, 3.63) is 59.0 Å². The molecule has 0 radical (unpaired) electrons. The molecule has 0 aliphatic carbocycles. The maximum absolute atomic E-state index is 9.37. The summed E-state index contributed by atoms with van der Waals surface area (Å²) >= 11 is 1.31. The van der Waals surface area contributed by atoms with E-state index >= 15 is 0 Å². The number of thioether (sulfide) groups is 1. The highest BCUT2D eigenvalue weighted by Gasteiger charge is 2.07. The van der Waals surface area contributed by atoms with Gasteiger partial charge >= 0.3 is 0 Å². The number of benzene rings is 2. The number of nitriles is 1. The number of hydrogen-bond donors (Lipinski definition) is 1. The third kappa shape index (κ3) is 2.97. The standard InChI is InChI=1S/C17H13N3OS/c1-21-16-9-5-2-6-12(16)10-13(11-18)22-17-19-14-7-3-4-8-15(14)20-17/h2-10H,1H3,(H,19,20)/b13-10-. The van der Waals surface area contributed by atoms with Gasteiger partial charge in [-0.15, -0.1) is 0 Å². The number of imidazole rings is 1. The zero-order valence-electron chi connectivity index (χ0n) is 11.9. The van der Waals surface area contributed by atoms with E-state index in [4.69, 9.17) is 4.74 Å². The molecule has 4 nitrogen and oxygen atoms in total. The van der Waals surface area contributed by atoms with Gasteiger partial charge in [-0.2, -0.15) is 5.26 Å². The number of aromatic nitrogens is 2. The maximum Gasteiger partial charge on any atom is 0.171 e. The molecule has 2 aromatic carbocycles. The molecule has 0 atom stereocenters. The van der Waals surface area contributed by atoms with Crippen LogP contribution in [0.4, 0.5) is 0 Å². The lowest BCUT2D eigenvalue weighted by Gasteiger charge is -2.04. The van der Waals surface area contributed by atoms with Gasteiger partial charge in [-0.05, 0) is 36.0 Å². The Bertz CT molecular complexity index is 844. The van der Waals surface area contributed by atoms with Crippen LogP contribution in [-0.2, 0) is 0 Å². The van der Waals surface area contributed by atoms with Crippen molar-refractivity contribution >= 4 is 28.9 Å². The zero-order valence-corrected chi connectivity index (χ0v) is 12.7. The summed E-state index contributed by atoms with van der Waals surface area (Å²) in [6, 6.07) is 17.6. The van der Waals surface area contributed by atoms with Gasteiger partial charge in [0.2, 0.25) is 0 Å². The Balaban J connectivity index is 1.91. The van der Waals surface area contributed by atoms with Crippen molar-refractivity contribution in [1.82, 2.24) is 9.97 Å². The number of allylic oxidation sites excluding steroid dienone is 1. The minimum Gasteiger partial charge on any atom is -0.496 e. The molecule has 0 aliphatic rings. The maximum atomic E-state index is 9.37. The van der Waals surface area contributed by atoms with E-state index in [1.54, 1.807) is 13.2 Å². The summed E-state index contributed by atoms with van der Waals surface area (Å²) in [4.78, 5) is 8.22. The van der Waals surface area contributed by atoms with Crippen LogP contribution in [0.25, 0.3) is 17.1 Å². The van der Waals surface area contributed by atoms with Gasteiger partial charge in [-0.3, -0.25) is 0 Å². The molecule has 0 amide bonds. The number of nitrogens with one attached hydrogen (secondary N) is 1. The zero-order chi connectivity index (χ0) is 15.4. The monoisotopic (exact) mass is 307 g/mol. The average molecular weight is 307 g/mol. The fourth-order valence-corrected chi connectivity index (χ4v) is 2.84. The molecule has 108 valence electrons. The Hall–Kier alpha value is -2.71. The number of hydrogen-bond acceptors (Lipinski definition) is 4. The van der Waals surface area contributed by atoms with E-state index in [0.717, 1.165) is 22.3 Å². The molecule has 0 fully saturated rings. The van der Waals surface area contributed by atoms with Gasteiger partial charge < -0.3 is 9.72 Å². The first kappa shape index (κ1) is 14.2. The Morgan fingerprint density at radius 1 is 1.23 bits per heavy atom. The second-order valence-corrected chi connectivity index (χ2v) is 5.55. The molecule has 22 heavy (non-hydrogen) atoms. The highest BCUT2D eigenvalue weighted by atomic mass is 32.2. The average Bonchev–Trinajstić information content (AvgIpc) is 2.97. The fourth-order valence-electron chi connectivity index (χ4n) is 2.09. The molecule has 1 N–H and O–H groups in total. The summed E-state index contributed by atoms with van der Waals surface area (Å²) in [5, 5.41) is 10.1. The SMILES string of the molecule is COc1ccccc1/C=C(/C#N)Sc1nc2ccccc2[nH]1. The Morgan fingerprint density at radius 2 is 2.00 bits per heavy atom. The van der Waals surface area contributed by atoms with Crippen molar-refractivity contribution in [2.75, 3.05) is 7.11 Å². The molecule has 0 saturated carbocycles. The van der Waals surface area contributed by atoms with Crippen LogP contribution in [-0.4, -0.2) is 17.1 Å². The summed E-state index contributed by atoms with van der Waals surface area (Å²) in [7, 11) is 1.62. The summed E-state index contributed by atoms with van der Waals surface area (Å²) in [5.74, 6) is 0.737. The highest BCUT2D eigenvalue weighted by Crippen LogP contribution is 2.29. The molecule has 3 aromatic rings. The van der Waals surface area contributed by atoms with Crippen molar-refractivity contribution in [3.8, 4) is 11.8 Å². The van der Waals surface area contributed by atoms with E-state index in [1.165, 1.54) is 11.8 Å². The van der Waals surface area contributed by atoms with Gasteiger partial charge in [0.1, 0.15) is 11.8 Å². The molecule has 0 spiro atoms. The largest absolute Gasteiger partial charge is 0.496 e. The molecule has 5 heteroatoms. The number of nitrogens with zero attached hydrogens (tertiary/aromatic N) is 2. The van der Waals surface area contributed by atoms with Crippen molar-refractivity contribution in [2.24, 2.45) is 0 Å². The van der Waals surface area contributed by atoms with Crippen molar-refractivity contribution < 1.29 is 4.74 Å². The molecule has 1 heterocycles. The smallest absolute Gasteiger partial charge is 0.171 e. The molecular weight excluding hydrogens is 294 g/mol. The second kappa shape index (κ2) is 6.37. The van der Waals surface area contributed by atoms with Gasteiger partial charge in [-0.1, -0.05) is 30.3 Å². The van der Waals surface area contributed by atoms with Crippen molar-refractivity contribution in [1.29, 1.82) is 5.26 Å². The molecule has 1 aromatic heterocycles. The molecule has 0 unspecified atom stereocenters. The minimum absolute atomic E-state index is 0.545. The van der Waals surface area contributed by atoms with Crippen LogP contribution >= 0.6 is 11.8 Å². The number of rotatable bonds is 4. The number of methoxy groups -OCH3 is 1. The number of aromatic amines is 1. The van der Waals surface area contributed by atoms with Crippen LogP contribution in [0.1, 0.15) is 5.56 Å². The van der Waals surface area contributed by atoms with Crippen molar-refractivity contribution in [3.63, 3.8) is 0 Å². The Labute approximate surface area is 132 Å². The number of para-hydroxylation sites is 3. The van der Waals surface area contributed by atoms with E-state index in [-0.39, 0.29) is 0 Å². The number of ether oxygens (including phenoxy) is 1. The Kier molecular flexibility index (Phi) is 4.12. The van der Waals surface area contributed by atoms with E-state index in [9.17, 15) is 5.26 Å². The highest BCUT2D eigenvalue weighted by molar-refractivity contribution is 8.03. The van der Waals surface area contributed by atoms with Gasteiger partial charge in [0.25, 0.3) is 0 Å². The van der Waals surface area contributed by atoms with Gasteiger partial charge in [0.05, 0.1) is 23.0 Å². The third-order valence-corrected chi connectivity index (χ3v) is 3.93. The normalized spacial score (nSPS) is 11.4. The first-order chi connectivity index (χ1) is 10.8.